The molecule has 0 spiro atoms. The fraction of sp³-hybridized carbons (Fsp3) is 0.455. The molecular weight excluding hydrogens is 208 g/mol. The third-order valence-electron chi connectivity index (χ3n) is 3.05. The zero-order valence-corrected chi connectivity index (χ0v) is 8.78. The van der Waals surface area contributed by atoms with Gasteiger partial charge in [-0.1, -0.05) is 0 Å². The monoisotopic (exact) mass is 222 g/mol. The lowest BCUT2D eigenvalue weighted by atomic mass is 9.98. The maximum Gasteiger partial charge on any atom is 0.407 e. The van der Waals surface area contributed by atoms with E-state index in [1.165, 1.54) is 4.90 Å². The van der Waals surface area contributed by atoms with E-state index in [4.69, 9.17) is 10.2 Å². The summed E-state index contributed by atoms with van der Waals surface area (Å²) in [4.78, 5) is 16.2. The third-order valence-corrected chi connectivity index (χ3v) is 3.05. The van der Waals surface area contributed by atoms with Crippen molar-refractivity contribution in [1.29, 1.82) is 0 Å². The Morgan fingerprint density at radius 1 is 1.50 bits per heavy atom. The molecular formula is C11H14N2O3. The van der Waals surface area contributed by atoms with Gasteiger partial charge in [-0.3, -0.25) is 4.98 Å². The number of amides is 1. The summed E-state index contributed by atoms with van der Waals surface area (Å²) < 4.78 is 0. The van der Waals surface area contributed by atoms with Crippen molar-refractivity contribution in [2.24, 2.45) is 0 Å². The van der Waals surface area contributed by atoms with Crippen LogP contribution in [0, 0.1) is 0 Å². The molecule has 2 heterocycles. The number of carbonyl (C=O) groups is 1. The van der Waals surface area contributed by atoms with Gasteiger partial charge in [0.1, 0.15) is 0 Å². The SMILES string of the molecule is O=C(O)N1C[C@H](c2ccncc2)C[C@H]1CO. The lowest BCUT2D eigenvalue weighted by molar-refractivity contribution is 0.118. The lowest BCUT2D eigenvalue weighted by Gasteiger charge is -2.18. The van der Waals surface area contributed by atoms with Crippen molar-refractivity contribution >= 4 is 6.09 Å². The minimum absolute atomic E-state index is 0.117. The highest BCUT2D eigenvalue weighted by Crippen LogP contribution is 2.31. The van der Waals surface area contributed by atoms with Crippen molar-refractivity contribution in [3.05, 3.63) is 30.1 Å². The summed E-state index contributed by atoms with van der Waals surface area (Å²) in [6.07, 6.45) is 3.11. The van der Waals surface area contributed by atoms with Gasteiger partial charge in [-0.25, -0.2) is 4.79 Å². The summed E-state index contributed by atoms with van der Waals surface area (Å²) in [5, 5.41) is 18.1. The topological polar surface area (TPSA) is 73.7 Å². The van der Waals surface area contributed by atoms with E-state index in [0.29, 0.717) is 13.0 Å². The molecule has 0 saturated carbocycles. The highest BCUT2D eigenvalue weighted by Gasteiger charge is 2.35. The first-order valence-electron chi connectivity index (χ1n) is 5.22. The fourth-order valence-corrected chi connectivity index (χ4v) is 2.20. The molecule has 0 aliphatic carbocycles. The van der Waals surface area contributed by atoms with E-state index in [9.17, 15) is 4.79 Å². The minimum Gasteiger partial charge on any atom is -0.465 e. The maximum absolute atomic E-state index is 11.0. The van der Waals surface area contributed by atoms with Crippen molar-refractivity contribution in [3.8, 4) is 0 Å². The normalized spacial score (nSPS) is 24.7. The van der Waals surface area contributed by atoms with Gasteiger partial charge in [-0.2, -0.15) is 0 Å². The van der Waals surface area contributed by atoms with Gasteiger partial charge in [0, 0.05) is 24.9 Å². The Hall–Kier alpha value is -1.62. The van der Waals surface area contributed by atoms with Gasteiger partial charge in [-0.15, -0.1) is 0 Å². The predicted molar refractivity (Wildman–Crippen MR) is 57.2 cm³/mol. The van der Waals surface area contributed by atoms with Crippen molar-refractivity contribution < 1.29 is 15.0 Å². The molecule has 1 aliphatic heterocycles. The number of rotatable bonds is 2. The molecule has 5 nitrogen and oxygen atoms in total. The molecule has 2 N–H and O–H groups in total. The molecule has 2 atom stereocenters. The van der Waals surface area contributed by atoms with E-state index in [1.54, 1.807) is 12.4 Å². The van der Waals surface area contributed by atoms with Crippen LogP contribution in [0.3, 0.4) is 0 Å². The van der Waals surface area contributed by atoms with E-state index in [1.807, 2.05) is 12.1 Å². The predicted octanol–water partition coefficient (Wildman–Crippen LogP) is 0.910. The summed E-state index contributed by atoms with van der Waals surface area (Å²) in [5.74, 6) is 0.163. The molecule has 0 radical (unpaired) electrons. The molecule has 5 heteroatoms. The summed E-state index contributed by atoms with van der Waals surface area (Å²) in [5.41, 5.74) is 1.08. The van der Waals surface area contributed by atoms with Crippen LogP contribution in [0.5, 0.6) is 0 Å². The van der Waals surface area contributed by atoms with Crippen LogP contribution in [0.25, 0.3) is 0 Å². The van der Waals surface area contributed by atoms with E-state index in [-0.39, 0.29) is 18.6 Å². The highest BCUT2D eigenvalue weighted by atomic mass is 16.4. The molecule has 1 aromatic heterocycles. The van der Waals surface area contributed by atoms with Gasteiger partial charge < -0.3 is 15.1 Å². The van der Waals surface area contributed by atoms with Crippen LogP contribution in [0.15, 0.2) is 24.5 Å². The van der Waals surface area contributed by atoms with Gasteiger partial charge >= 0.3 is 6.09 Å². The zero-order valence-electron chi connectivity index (χ0n) is 8.78. The maximum atomic E-state index is 11.0. The number of likely N-dealkylation sites (tertiary alicyclic amines) is 1. The number of aliphatic hydroxyl groups is 1. The van der Waals surface area contributed by atoms with Gasteiger partial charge in [0.05, 0.1) is 12.6 Å². The first-order chi connectivity index (χ1) is 7.72. The number of aliphatic hydroxyl groups excluding tert-OH is 1. The van der Waals surface area contributed by atoms with E-state index >= 15 is 0 Å². The minimum atomic E-state index is -0.962. The zero-order chi connectivity index (χ0) is 11.5. The average Bonchev–Trinajstić information content (AvgIpc) is 2.74. The Bertz CT molecular complexity index is 369. The standard InChI is InChI=1S/C11H14N2O3/c14-7-10-5-9(6-13(10)11(15)16)8-1-3-12-4-2-8/h1-4,9-10,14H,5-7H2,(H,15,16)/t9-,10+/m1/s1. The van der Waals surface area contributed by atoms with Crippen LogP contribution in [-0.2, 0) is 0 Å². The first-order valence-corrected chi connectivity index (χ1v) is 5.22. The van der Waals surface area contributed by atoms with Crippen molar-refractivity contribution in [3.63, 3.8) is 0 Å². The summed E-state index contributed by atoms with van der Waals surface area (Å²) in [6.45, 7) is 0.332. The van der Waals surface area contributed by atoms with Crippen molar-refractivity contribution in [2.75, 3.05) is 13.2 Å². The molecule has 0 bridgehead atoms. The first kappa shape index (κ1) is 10.9. The Morgan fingerprint density at radius 3 is 2.69 bits per heavy atom. The third kappa shape index (κ3) is 1.99. The van der Waals surface area contributed by atoms with Crippen LogP contribution in [-0.4, -0.2) is 45.4 Å². The summed E-state index contributed by atoms with van der Waals surface area (Å²) in [6, 6.07) is 3.50. The van der Waals surface area contributed by atoms with Crippen LogP contribution in [0.1, 0.15) is 17.9 Å². The second-order valence-electron chi connectivity index (χ2n) is 3.98. The fourth-order valence-electron chi connectivity index (χ4n) is 2.20. The Balaban J connectivity index is 2.14. The number of hydrogen-bond donors (Lipinski definition) is 2. The molecule has 1 aliphatic rings. The van der Waals surface area contributed by atoms with Gasteiger partial charge in [0.25, 0.3) is 0 Å². The molecule has 1 saturated heterocycles. The highest BCUT2D eigenvalue weighted by molar-refractivity contribution is 5.66. The van der Waals surface area contributed by atoms with Crippen LogP contribution >= 0.6 is 0 Å². The Morgan fingerprint density at radius 2 is 2.19 bits per heavy atom. The Labute approximate surface area is 93.3 Å². The van der Waals surface area contributed by atoms with Crippen molar-refractivity contribution in [2.45, 2.75) is 18.4 Å². The van der Waals surface area contributed by atoms with E-state index < -0.39 is 6.09 Å². The molecule has 1 aromatic rings. The molecule has 1 fully saturated rings. The molecule has 0 aromatic carbocycles. The quantitative estimate of drug-likeness (QED) is 0.780. The van der Waals surface area contributed by atoms with Crippen LogP contribution in [0.2, 0.25) is 0 Å². The van der Waals surface area contributed by atoms with Gasteiger partial charge in [0.15, 0.2) is 0 Å². The summed E-state index contributed by atoms with van der Waals surface area (Å²) in [7, 11) is 0. The van der Waals surface area contributed by atoms with Crippen molar-refractivity contribution in [1.82, 2.24) is 9.88 Å². The van der Waals surface area contributed by atoms with E-state index in [0.717, 1.165) is 5.56 Å². The molecule has 16 heavy (non-hydrogen) atoms. The van der Waals surface area contributed by atoms with Gasteiger partial charge in [0.2, 0.25) is 0 Å². The molecule has 2 rings (SSSR count). The van der Waals surface area contributed by atoms with Crippen LogP contribution in [0.4, 0.5) is 4.79 Å². The van der Waals surface area contributed by atoms with Crippen LogP contribution < -0.4 is 0 Å². The summed E-state index contributed by atoms with van der Waals surface area (Å²) >= 11 is 0. The smallest absolute Gasteiger partial charge is 0.407 e. The number of carboxylic acid groups (broad SMARTS) is 1. The largest absolute Gasteiger partial charge is 0.465 e. The number of pyridine rings is 1. The number of hydrogen-bond acceptors (Lipinski definition) is 3. The number of nitrogens with zero attached hydrogens (tertiary/aromatic N) is 2. The molecule has 1 amide bonds. The second-order valence-corrected chi connectivity index (χ2v) is 3.98. The Kier molecular flexibility index (Phi) is 3.05. The van der Waals surface area contributed by atoms with Gasteiger partial charge in [-0.05, 0) is 24.1 Å². The van der Waals surface area contributed by atoms with E-state index in [2.05, 4.69) is 4.98 Å². The molecule has 86 valence electrons. The lowest BCUT2D eigenvalue weighted by Crippen LogP contribution is -2.36. The average molecular weight is 222 g/mol. The second kappa shape index (κ2) is 4.49. The molecule has 0 unspecified atom stereocenters. The number of aromatic nitrogens is 1.